The monoisotopic (exact) mass is 352 g/mol. The molecular formula is C25H24N2. The average Bonchev–Trinajstić information content (AvgIpc) is 3.20. The van der Waals surface area contributed by atoms with E-state index in [1.807, 2.05) is 0 Å². The van der Waals surface area contributed by atoms with Crippen LogP contribution in [0.2, 0.25) is 0 Å². The number of hydrogen-bond acceptors (Lipinski definition) is 2. The van der Waals surface area contributed by atoms with Crippen LogP contribution in [0.1, 0.15) is 29.0 Å². The van der Waals surface area contributed by atoms with E-state index in [0.717, 1.165) is 19.5 Å². The van der Waals surface area contributed by atoms with E-state index in [4.69, 9.17) is 0 Å². The predicted molar refractivity (Wildman–Crippen MR) is 111 cm³/mol. The van der Waals surface area contributed by atoms with Gasteiger partial charge in [0.15, 0.2) is 0 Å². The lowest BCUT2D eigenvalue weighted by molar-refractivity contribution is 0.156. The molecule has 1 N–H and O–H groups in total. The molecule has 2 aliphatic heterocycles. The number of nitrogens with zero attached hydrogens (tertiary/aromatic N) is 1. The smallest absolute Gasteiger partial charge is 0.118 e. The first kappa shape index (κ1) is 16.3. The van der Waals surface area contributed by atoms with E-state index in [0.29, 0.717) is 5.92 Å². The topological polar surface area (TPSA) is 15.3 Å². The first-order chi connectivity index (χ1) is 13.4. The molecule has 134 valence electrons. The summed E-state index contributed by atoms with van der Waals surface area (Å²) in [6, 6.07) is 32.7. The molecule has 2 nitrogen and oxygen atoms in total. The van der Waals surface area contributed by atoms with Crippen molar-refractivity contribution in [3.05, 3.63) is 114 Å². The predicted octanol–water partition coefficient (Wildman–Crippen LogP) is 4.97. The van der Waals surface area contributed by atoms with Gasteiger partial charge in [-0.1, -0.05) is 97.1 Å². The maximum atomic E-state index is 3.87. The number of fused-ring (bicyclic) bond motifs is 1. The van der Waals surface area contributed by atoms with Crippen LogP contribution < -0.4 is 5.32 Å². The maximum Gasteiger partial charge on any atom is 0.118 e. The molecule has 2 atom stereocenters. The highest BCUT2D eigenvalue weighted by Gasteiger charge is 2.47. The molecule has 3 aromatic rings. The van der Waals surface area contributed by atoms with Crippen LogP contribution in [0.25, 0.3) is 5.70 Å². The van der Waals surface area contributed by atoms with Gasteiger partial charge < -0.3 is 4.90 Å². The molecule has 3 aromatic carbocycles. The van der Waals surface area contributed by atoms with E-state index in [1.165, 1.54) is 22.4 Å². The van der Waals surface area contributed by atoms with E-state index in [-0.39, 0.29) is 5.66 Å². The van der Waals surface area contributed by atoms with Gasteiger partial charge in [-0.25, -0.2) is 0 Å². The second-order valence-corrected chi connectivity index (χ2v) is 7.44. The fraction of sp³-hybridized carbons (Fsp3) is 0.200. The highest BCUT2D eigenvalue weighted by atomic mass is 15.4. The van der Waals surface area contributed by atoms with Crippen molar-refractivity contribution in [2.45, 2.75) is 18.0 Å². The van der Waals surface area contributed by atoms with Crippen LogP contribution in [0.15, 0.2) is 97.1 Å². The second kappa shape index (κ2) is 6.71. The standard InChI is InChI=1S/C25H24N2/c1-4-10-20(11-5-1)22-18-24(21-12-6-2-7-13-21)27-17-16-26-25(27,19-22)23-14-8-3-9-15-23/h1-15,18,22,26H,16-17,19H2. The lowest BCUT2D eigenvalue weighted by atomic mass is 9.79. The van der Waals surface area contributed by atoms with Gasteiger partial charge in [-0.2, -0.15) is 0 Å². The first-order valence-corrected chi connectivity index (χ1v) is 9.77. The molecule has 2 heterocycles. The van der Waals surface area contributed by atoms with E-state index >= 15 is 0 Å². The molecule has 5 rings (SSSR count). The Bertz CT molecular complexity index is 934. The van der Waals surface area contributed by atoms with Crippen LogP contribution in [0.4, 0.5) is 0 Å². The SMILES string of the molecule is C1=C(c2ccccc2)N2CCNC2(c2ccccc2)CC1c1ccccc1. The Labute approximate surface area is 161 Å². The third-order valence-corrected chi connectivity index (χ3v) is 5.93. The molecule has 1 saturated heterocycles. The Hall–Kier alpha value is -2.84. The summed E-state index contributed by atoms with van der Waals surface area (Å²) < 4.78 is 0. The zero-order valence-electron chi connectivity index (χ0n) is 15.4. The lowest BCUT2D eigenvalue weighted by Gasteiger charge is -2.47. The van der Waals surface area contributed by atoms with Gasteiger partial charge in [-0.05, 0) is 23.1 Å². The van der Waals surface area contributed by atoms with E-state index in [1.54, 1.807) is 0 Å². The molecule has 0 spiro atoms. The summed E-state index contributed by atoms with van der Waals surface area (Å²) in [5, 5.41) is 3.87. The molecule has 0 saturated carbocycles. The van der Waals surface area contributed by atoms with Gasteiger partial charge >= 0.3 is 0 Å². The molecule has 27 heavy (non-hydrogen) atoms. The summed E-state index contributed by atoms with van der Waals surface area (Å²) in [7, 11) is 0. The van der Waals surface area contributed by atoms with Crippen LogP contribution in [0.5, 0.6) is 0 Å². The zero-order valence-corrected chi connectivity index (χ0v) is 15.4. The van der Waals surface area contributed by atoms with Crippen molar-refractivity contribution in [2.24, 2.45) is 0 Å². The minimum atomic E-state index is -0.151. The normalized spacial score (nSPS) is 24.4. The second-order valence-electron chi connectivity index (χ2n) is 7.44. The fourth-order valence-electron chi connectivity index (χ4n) is 4.69. The van der Waals surface area contributed by atoms with Crippen molar-refractivity contribution in [2.75, 3.05) is 13.1 Å². The number of nitrogens with one attached hydrogen (secondary N) is 1. The van der Waals surface area contributed by atoms with Gasteiger partial charge in [0.1, 0.15) is 5.66 Å². The summed E-state index contributed by atoms with van der Waals surface area (Å²) in [6.45, 7) is 2.03. The third kappa shape index (κ3) is 2.77. The largest absolute Gasteiger partial charge is 0.348 e. The number of rotatable bonds is 3. The van der Waals surface area contributed by atoms with Gasteiger partial charge in [0.25, 0.3) is 0 Å². The molecule has 0 radical (unpaired) electrons. The molecule has 0 aromatic heterocycles. The van der Waals surface area contributed by atoms with E-state index in [9.17, 15) is 0 Å². The quantitative estimate of drug-likeness (QED) is 0.716. The number of hydrogen-bond donors (Lipinski definition) is 1. The Morgan fingerprint density at radius 2 is 1.41 bits per heavy atom. The minimum Gasteiger partial charge on any atom is -0.348 e. The van der Waals surface area contributed by atoms with Crippen LogP contribution in [-0.4, -0.2) is 18.0 Å². The number of benzene rings is 3. The Morgan fingerprint density at radius 3 is 2.11 bits per heavy atom. The summed E-state index contributed by atoms with van der Waals surface area (Å²) >= 11 is 0. The molecule has 0 amide bonds. The molecule has 0 bridgehead atoms. The van der Waals surface area contributed by atoms with Gasteiger partial charge in [-0.15, -0.1) is 0 Å². The van der Waals surface area contributed by atoms with E-state index in [2.05, 4.69) is 107 Å². The van der Waals surface area contributed by atoms with Crippen LogP contribution in [0, 0.1) is 0 Å². The Morgan fingerprint density at radius 1 is 0.778 bits per heavy atom. The zero-order chi connectivity index (χ0) is 18.1. The Balaban J connectivity index is 1.68. The van der Waals surface area contributed by atoms with Gasteiger partial charge in [-0.3, -0.25) is 5.32 Å². The molecular weight excluding hydrogens is 328 g/mol. The minimum absolute atomic E-state index is 0.151. The summed E-state index contributed by atoms with van der Waals surface area (Å²) in [6.07, 6.45) is 3.51. The summed E-state index contributed by atoms with van der Waals surface area (Å²) in [5.74, 6) is 0.378. The molecule has 2 unspecified atom stereocenters. The van der Waals surface area contributed by atoms with Crippen molar-refractivity contribution >= 4 is 5.70 Å². The molecule has 0 aliphatic carbocycles. The van der Waals surface area contributed by atoms with E-state index < -0.39 is 0 Å². The van der Waals surface area contributed by atoms with Crippen molar-refractivity contribution in [1.29, 1.82) is 0 Å². The lowest BCUT2D eigenvalue weighted by Crippen LogP contribution is -2.50. The molecule has 2 aliphatic rings. The average molecular weight is 352 g/mol. The molecule has 2 heteroatoms. The summed E-state index contributed by atoms with van der Waals surface area (Å²) in [5.41, 5.74) is 5.22. The fourth-order valence-corrected chi connectivity index (χ4v) is 4.69. The van der Waals surface area contributed by atoms with Crippen molar-refractivity contribution in [1.82, 2.24) is 10.2 Å². The van der Waals surface area contributed by atoms with Crippen molar-refractivity contribution in [3.63, 3.8) is 0 Å². The van der Waals surface area contributed by atoms with Gasteiger partial charge in [0, 0.05) is 24.7 Å². The van der Waals surface area contributed by atoms with Crippen LogP contribution in [-0.2, 0) is 5.66 Å². The first-order valence-electron chi connectivity index (χ1n) is 9.77. The highest BCUT2D eigenvalue weighted by molar-refractivity contribution is 5.68. The van der Waals surface area contributed by atoms with Crippen molar-refractivity contribution < 1.29 is 0 Å². The maximum absolute atomic E-state index is 3.87. The van der Waals surface area contributed by atoms with Gasteiger partial charge in [0.2, 0.25) is 0 Å². The highest BCUT2D eigenvalue weighted by Crippen LogP contribution is 2.47. The van der Waals surface area contributed by atoms with Crippen LogP contribution >= 0.6 is 0 Å². The van der Waals surface area contributed by atoms with Gasteiger partial charge in [0.05, 0.1) is 0 Å². The van der Waals surface area contributed by atoms with Crippen LogP contribution in [0.3, 0.4) is 0 Å². The molecule has 1 fully saturated rings. The Kier molecular flexibility index (Phi) is 4.06. The summed E-state index contributed by atoms with van der Waals surface area (Å²) in [4.78, 5) is 2.58. The van der Waals surface area contributed by atoms with Crippen molar-refractivity contribution in [3.8, 4) is 0 Å². The third-order valence-electron chi connectivity index (χ3n) is 5.93. The number of allylic oxidation sites excluding steroid dienone is 1.